The predicted octanol–water partition coefficient (Wildman–Crippen LogP) is 2.32. The number of halogens is 1. The first-order valence-electron chi connectivity index (χ1n) is 6.14. The van der Waals surface area contributed by atoms with Crippen molar-refractivity contribution < 1.29 is 9.13 Å². The Morgan fingerprint density at radius 3 is 2.53 bits per heavy atom. The number of benzene rings is 1. The summed E-state index contributed by atoms with van der Waals surface area (Å²) in [4.78, 5) is 0. The highest BCUT2D eigenvalue weighted by Gasteiger charge is 2.47. The lowest BCUT2D eigenvalue weighted by Crippen LogP contribution is -2.56. The van der Waals surface area contributed by atoms with Crippen LogP contribution in [0.5, 0.6) is 0 Å². The van der Waals surface area contributed by atoms with Gasteiger partial charge in [-0.25, -0.2) is 4.39 Å². The van der Waals surface area contributed by atoms with E-state index in [4.69, 9.17) is 10.5 Å². The average molecular weight is 237 g/mol. The lowest BCUT2D eigenvalue weighted by atomic mass is 9.64. The van der Waals surface area contributed by atoms with Crippen LogP contribution in [-0.4, -0.2) is 19.8 Å². The van der Waals surface area contributed by atoms with Crippen LogP contribution in [0.3, 0.4) is 0 Å². The molecule has 1 unspecified atom stereocenters. The summed E-state index contributed by atoms with van der Waals surface area (Å²) in [6, 6.07) is 6.84. The first kappa shape index (κ1) is 12.5. The van der Waals surface area contributed by atoms with E-state index >= 15 is 0 Å². The zero-order valence-electron chi connectivity index (χ0n) is 10.4. The Labute approximate surface area is 102 Å². The first-order chi connectivity index (χ1) is 8.10. The number of rotatable bonds is 4. The lowest BCUT2D eigenvalue weighted by molar-refractivity contribution is -0.0983. The minimum atomic E-state index is -0.187. The van der Waals surface area contributed by atoms with Crippen LogP contribution in [0.4, 0.5) is 4.39 Å². The molecule has 2 N–H and O–H groups in total. The van der Waals surface area contributed by atoms with Gasteiger partial charge in [-0.2, -0.15) is 0 Å². The van der Waals surface area contributed by atoms with Crippen molar-refractivity contribution in [1.82, 2.24) is 0 Å². The second-order valence-electron chi connectivity index (χ2n) is 5.25. The Morgan fingerprint density at radius 2 is 2.12 bits per heavy atom. The Morgan fingerprint density at radius 1 is 1.41 bits per heavy atom. The molecule has 1 aromatic rings. The van der Waals surface area contributed by atoms with Crippen LogP contribution in [0.15, 0.2) is 24.3 Å². The van der Waals surface area contributed by atoms with E-state index in [1.807, 2.05) is 6.07 Å². The van der Waals surface area contributed by atoms with E-state index < -0.39 is 0 Å². The molecule has 3 heteroatoms. The van der Waals surface area contributed by atoms with E-state index in [0.29, 0.717) is 31.6 Å². The number of hydrogen-bond acceptors (Lipinski definition) is 2. The van der Waals surface area contributed by atoms with Crippen molar-refractivity contribution in [2.24, 2.45) is 17.6 Å². The normalized spacial score (nSPS) is 20.1. The van der Waals surface area contributed by atoms with Gasteiger partial charge in [-0.15, -0.1) is 0 Å². The van der Waals surface area contributed by atoms with Crippen LogP contribution in [0, 0.1) is 17.7 Å². The fraction of sp³-hybridized carbons (Fsp3) is 0.571. The van der Waals surface area contributed by atoms with Crippen LogP contribution in [0.25, 0.3) is 0 Å². The number of hydrogen-bond donors (Lipinski definition) is 1. The lowest BCUT2D eigenvalue weighted by Gasteiger charge is -2.49. The SMILES string of the molecule is CC(C)C(CN)C1(c2cccc(F)c2)COC1. The molecule has 0 aliphatic carbocycles. The minimum absolute atomic E-state index is 0.0922. The molecule has 0 saturated carbocycles. The molecule has 0 radical (unpaired) electrons. The molecule has 94 valence electrons. The largest absolute Gasteiger partial charge is 0.379 e. The van der Waals surface area contributed by atoms with Gasteiger partial charge in [0.15, 0.2) is 0 Å². The highest BCUT2D eigenvalue weighted by atomic mass is 19.1. The molecule has 1 aromatic carbocycles. The van der Waals surface area contributed by atoms with Gasteiger partial charge in [0.25, 0.3) is 0 Å². The molecule has 0 bridgehead atoms. The van der Waals surface area contributed by atoms with Gasteiger partial charge in [0.2, 0.25) is 0 Å². The maximum absolute atomic E-state index is 13.4. The molecule has 2 nitrogen and oxygen atoms in total. The maximum atomic E-state index is 13.4. The number of ether oxygens (including phenoxy) is 1. The molecule has 1 aliphatic heterocycles. The van der Waals surface area contributed by atoms with Crippen molar-refractivity contribution in [1.29, 1.82) is 0 Å². The maximum Gasteiger partial charge on any atom is 0.123 e. The van der Waals surface area contributed by atoms with Gasteiger partial charge in [-0.1, -0.05) is 26.0 Å². The van der Waals surface area contributed by atoms with Crippen LogP contribution < -0.4 is 5.73 Å². The summed E-state index contributed by atoms with van der Waals surface area (Å²) in [7, 11) is 0. The van der Waals surface area contributed by atoms with Gasteiger partial charge < -0.3 is 10.5 Å². The van der Waals surface area contributed by atoms with Gasteiger partial charge in [0.1, 0.15) is 5.82 Å². The van der Waals surface area contributed by atoms with E-state index in [9.17, 15) is 4.39 Å². The van der Waals surface area contributed by atoms with E-state index in [2.05, 4.69) is 13.8 Å². The predicted molar refractivity (Wildman–Crippen MR) is 66.3 cm³/mol. The highest BCUT2D eigenvalue weighted by molar-refractivity contribution is 5.30. The fourth-order valence-corrected chi connectivity index (χ4v) is 2.85. The molecule has 1 heterocycles. The summed E-state index contributed by atoms with van der Waals surface area (Å²) >= 11 is 0. The molecule has 1 aliphatic rings. The second kappa shape index (κ2) is 4.75. The second-order valence-corrected chi connectivity index (χ2v) is 5.25. The van der Waals surface area contributed by atoms with Gasteiger partial charge in [0.05, 0.1) is 13.2 Å². The molecule has 1 saturated heterocycles. The van der Waals surface area contributed by atoms with E-state index in [1.54, 1.807) is 12.1 Å². The Balaban J connectivity index is 2.37. The molecule has 0 aromatic heterocycles. The van der Waals surface area contributed by atoms with Gasteiger partial charge >= 0.3 is 0 Å². The van der Waals surface area contributed by atoms with Crippen molar-refractivity contribution in [3.8, 4) is 0 Å². The van der Waals surface area contributed by atoms with E-state index in [1.165, 1.54) is 6.07 Å². The summed E-state index contributed by atoms with van der Waals surface area (Å²) < 4.78 is 18.7. The number of nitrogens with two attached hydrogens (primary N) is 1. The van der Waals surface area contributed by atoms with Crippen LogP contribution >= 0.6 is 0 Å². The summed E-state index contributed by atoms with van der Waals surface area (Å²) in [6.45, 7) is 6.23. The molecule has 17 heavy (non-hydrogen) atoms. The van der Waals surface area contributed by atoms with Gasteiger partial charge in [0, 0.05) is 5.41 Å². The smallest absolute Gasteiger partial charge is 0.123 e. The van der Waals surface area contributed by atoms with E-state index in [0.717, 1.165) is 5.56 Å². The Kier molecular flexibility index (Phi) is 3.50. The molecule has 1 fully saturated rings. The summed E-state index contributed by atoms with van der Waals surface area (Å²) in [5, 5.41) is 0. The third kappa shape index (κ3) is 2.09. The monoisotopic (exact) mass is 237 g/mol. The van der Waals surface area contributed by atoms with Gasteiger partial charge in [-0.3, -0.25) is 0 Å². The summed E-state index contributed by atoms with van der Waals surface area (Å²) in [5.41, 5.74) is 6.82. The third-order valence-electron chi connectivity index (χ3n) is 3.89. The third-order valence-corrected chi connectivity index (χ3v) is 3.89. The molecule has 2 rings (SSSR count). The first-order valence-corrected chi connectivity index (χ1v) is 6.14. The molecule has 0 amide bonds. The van der Waals surface area contributed by atoms with Crippen molar-refractivity contribution in [2.45, 2.75) is 19.3 Å². The standard InChI is InChI=1S/C14H20FNO/c1-10(2)13(7-16)14(8-17-9-14)11-4-3-5-12(15)6-11/h3-6,10,13H,7-9,16H2,1-2H3. The van der Waals surface area contributed by atoms with Crippen molar-refractivity contribution in [2.75, 3.05) is 19.8 Å². The summed E-state index contributed by atoms with van der Waals surface area (Å²) in [6.07, 6.45) is 0. The molecular weight excluding hydrogens is 217 g/mol. The van der Waals surface area contributed by atoms with Crippen molar-refractivity contribution in [3.63, 3.8) is 0 Å². The molecule has 0 spiro atoms. The molecule has 1 atom stereocenters. The van der Waals surface area contributed by atoms with Crippen LogP contribution in [-0.2, 0) is 10.2 Å². The fourth-order valence-electron chi connectivity index (χ4n) is 2.85. The quantitative estimate of drug-likeness (QED) is 0.872. The highest BCUT2D eigenvalue weighted by Crippen LogP contribution is 2.42. The van der Waals surface area contributed by atoms with Crippen molar-refractivity contribution >= 4 is 0 Å². The zero-order valence-corrected chi connectivity index (χ0v) is 10.4. The Bertz CT molecular complexity index is 388. The average Bonchev–Trinajstić information content (AvgIpc) is 2.22. The van der Waals surface area contributed by atoms with Crippen LogP contribution in [0.2, 0.25) is 0 Å². The Hall–Kier alpha value is -0.930. The van der Waals surface area contributed by atoms with E-state index in [-0.39, 0.29) is 11.2 Å². The zero-order chi connectivity index (χ0) is 12.5. The minimum Gasteiger partial charge on any atom is -0.379 e. The van der Waals surface area contributed by atoms with Crippen LogP contribution in [0.1, 0.15) is 19.4 Å². The topological polar surface area (TPSA) is 35.2 Å². The van der Waals surface area contributed by atoms with Crippen molar-refractivity contribution in [3.05, 3.63) is 35.6 Å². The molecular formula is C14H20FNO. The summed E-state index contributed by atoms with van der Waals surface area (Å²) in [5.74, 6) is 0.610. The van der Waals surface area contributed by atoms with Gasteiger partial charge in [-0.05, 0) is 36.1 Å².